The van der Waals surface area contributed by atoms with E-state index < -0.39 is 28.9 Å². The van der Waals surface area contributed by atoms with Crippen LogP contribution in [0.3, 0.4) is 0 Å². The van der Waals surface area contributed by atoms with E-state index in [0.717, 1.165) is 11.6 Å². The van der Waals surface area contributed by atoms with Gasteiger partial charge in [0, 0.05) is 30.7 Å². The van der Waals surface area contributed by atoms with E-state index in [1.54, 1.807) is 25.1 Å². The van der Waals surface area contributed by atoms with Gasteiger partial charge in [-0.1, -0.05) is 11.6 Å². The minimum Gasteiger partial charge on any atom is -0.350 e. The molecule has 0 saturated carbocycles. The number of hydrogen-bond donors (Lipinski definition) is 1. The summed E-state index contributed by atoms with van der Waals surface area (Å²) in [4.78, 5) is 25.3. The number of halogens is 4. The summed E-state index contributed by atoms with van der Waals surface area (Å²) in [5.41, 5.74) is 0.779. The van der Waals surface area contributed by atoms with Crippen molar-refractivity contribution >= 4 is 29.1 Å². The Labute approximate surface area is 153 Å². The van der Waals surface area contributed by atoms with Gasteiger partial charge in [-0.25, -0.2) is 13.2 Å². The molecule has 0 saturated heterocycles. The first-order valence-electron chi connectivity index (χ1n) is 7.68. The second-order valence-electron chi connectivity index (χ2n) is 5.58. The highest BCUT2D eigenvalue weighted by atomic mass is 35.5. The lowest BCUT2D eigenvalue weighted by atomic mass is 10.1. The van der Waals surface area contributed by atoms with Crippen molar-refractivity contribution in [3.05, 3.63) is 63.9 Å². The van der Waals surface area contributed by atoms with Crippen molar-refractivity contribution in [1.29, 1.82) is 0 Å². The zero-order valence-corrected chi connectivity index (χ0v) is 14.8. The first kappa shape index (κ1) is 19.8. The summed E-state index contributed by atoms with van der Waals surface area (Å²) in [5, 5.41) is 2.91. The first-order valence-corrected chi connectivity index (χ1v) is 8.06. The Morgan fingerprint density at radius 2 is 1.81 bits per heavy atom. The molecule has 0 aliphatic carbocycles. The van der Waals surface area contributed by atoms with Gasteiger partial charge in [0.2, 0.25) is 5.91 Å². The van der Waals surface area contributed by atoms with Gasteiger partial charge in [0.1, 0.15) is 0 Å². The molecule has 0 unspecified atom stereocenters. The molecule has 0 aromatic heterocycles. The highest BCUT2D eigenvalue weighted by Gasteiger charge is 2.19. The minimum absolute atomic E-state index is 0.0150. The zero-order valence-electron chi connectivity index (χ0n) is 14.1. The third-order valence-corrected chi connectivity index (χ3v) is 3.97. The topological polar surface area (TPSA) is 49.4 Å². The number of nitrogens with zero attached hydrogens (tertiary/aromatic N) is 1. The molecule has 0 aliphatic rings. The summed E-state index contributed by atoms with van der Waals surface area (Å²) < 4.78 is 39.8. The number of nitrogens with one attached hydrogen (secondary N) is 1. The van der Waals surface area contributed by atoms with Gasteiger partial charge in [-0.05, 0) is 42.8 Å². The Balaban J connectivity index is 2.08. The Hall–Kier alpha value is -2.54. The molecule has 138 valence electrons. The fourth-order valence-corrected chi connectivity index (χ4v) is 2.67. The molecule has 0 spiro atoms. The van der Waals surface area contributed by atoms with Gasteiger partial charge in [0.15, 0.2) is 17.5 Å². The van der Waals surface area contributed by atoms with Crippen molar-refractivity contribution in [3.63, 3.8) is 0 Å². The molecule has 0 radical (unpaired) electrons. The molecule has 0 heterocycles. The lowest BCUT2D eigenvalue weighted by Crippen LogP contribution is -2.38. The van der Waals surface area contributed by atoms with Crippen molar-refractivity contribution in [1.82, 2.24) is 5.32 Å². The molecule has 2 rings (SSSR count). The summed E-state index contributed by atoms with van der Waals surface area (Å²) in [5.74, 6) is -5.80. The van der Waals surface area contributed by atoms with E-state index in [9.17, 15) is 22.8 Å². The lowest BCUT2D eigenvalue weighted by molar-refractivity contribution is -0.116. The number of hydrogen-bond acceptors (Lipinski definition) is 2. The number of carbonyl (C=O) groups is 2. The van der Waals surface area contributed by atoms with Crippen LogP contribution in [0, 0.1) is 24.4 Å². The van der Waals surface area contributed by atoms with Crippen LogP contribution in [0.25, 0.3) is 0 Å². The van der Waals surface area contributed by atoms with Crippen LogP contribution in [-0.4, -0.2) is 24.9 Å². The summed E-state index contributed by atoms with van der Waals surface area (Å²) in [6, 6.07) is 6.54. The van der Waals surface area contributed by atoms with Gasteiger partial charge in [-0.3, -0.25) is 9.59 Å². The third-order valence-electron chi connectivity index (χ3n) is 3.73. The second-order valence-corrected chi connectivity index (χ2v) is 6.02. The van der Waals surface area contributed by atoms with Crippen molar-refractivity contribution in [2.24, 2.45) is 0 Å². The van der Waals surface area contributed by atoms with Crippen molar-refractivity contribution in [3.8, 4) is 0 Å². The Morgan fingerprint density at radius 1 is 1.12 bits per heavy atom. The van der Waals surface area contributed by atoms with Crippen LogP contribution in [0.15, 0.2) is 30.3 Å². The first-order chi connectivity index (χ1) is 12.2. The quantitative estimate of drug-likeness (QED) is 0.796. The fraction of sp³-hybridized carbons (Fsp3) is 0.222. The molecular formula is C18H16ClF3N2O2. The van der Waals surface area contributed by atoms with E-state index in [0.29, 0.717) is 16.8 Å². The van der Waals surface area contributed by atoms with Crippen LogP contribution in [-0.2, 0) is 4.79 Å². The number of carbonyl (C=O) groups excluding carboxylic acids is 2. The molecule has 4 nitrogen and oxygen atoms in total. The van der Waals surface area contributed by atoms with Crippen molar-refractivity contribution in [2.75, 3.05) is 18.0 Å². The molecule has 0 fully saturated rings. The van der Waals surface area contributed by atoms with Gasteiger partial charge >= 0.3 is 0 Å². The van der Waals surface area contributed by atoms with Crippen LogP contribution >= 0.6 is 11.6 Å². The molecule has 2 aromatic rings. The average Bonchev–Trinajstić information content (AvgIpc) is 2.57. The molecule has 0 atom stereocenters. The normalized spacial score (nSPS) is 10.5. The molecule has 26 heavy (non-hydrogen) atoms. The number of amides is 2. The van der Waals surface area contributed by atoms with Crippen molar-refractivity contribution in [2.45, 2.75) is 13.8 Å². The van der Waals surface area contributed by atoms with Crippen molar-refractivity contribution < 1.29 is 22.8 Å². The number of rotatable bonds is 5. The largest absolute Gasteiger partial charge is 0.350 e. The van der Waals surface area contributed by atoms with E-state index in [2.05, 4.69) is 5.32 Å². The maximum atomic E-state index is 13.6. The van der Waals surface area contributed by atoms with E-state index in [4.69, 9.17) is 11.6 Å². The predicted molar refractivity (Wildman–Crippen MR) is 92.9 cm³/mol. The van der Waals surface area contributed by atoms with Gasteiger partial charge in [-0.2, -0.15) is 0 Å². The van der Waals surface area contributed by atoms with Gasteiger partial charge in [0.05, 0.1) is 5.56 Å². The molecule has 0 aliphatic heterocycles. The summed E-state index contributed by atoms with van der Waals surface area (Å²) in [6.07, 6.45) is 0. The predicted octanol–water partition coefficient (Wildman–Crippen LogP) is 3.85. The van der Waals surface area contributed by atoms with E-state index in [1.165, 1.54) is 11.8 Å². The summed E-state index contributed by atoms with van der Waals surface area (Å²) in [6.45, 7) is 3.24. The lowest BCUT2D eigenvalue weighted by Gasteiger charge is -2.23. The number of aryl methyl sites for hydroxylation is 1. The SMILES string of the molecule is CC(=O)N(CCNC(=O)c1ccc(F)c(F)c1F)c1ccc(Cl)cc1C. The molecule has 2 amide bonds. The van der Waals surface area contributed by atoms with Crippen LogP contribution in [0.1, 0.15) is 22.8 Å². The van der Waals surface area contributed by atoms with E-state index in [1.807, 2.05) is 0 Å². The summed E-state index contributed by atoms with van der Waals surface area (Å²) >= 11 is 5.90. The Kier molecular flexibility index (Phi) is 6.26. The van der Waals surface area contributed by atoms with Gasteiger partial charge in [-0.15, -0.1) is 0 Å². The zero-order chi connectivity index (χ0) is 19.4. The monoisotopic (exact) mass is 384 g/mol. The third kappa shape index (κ3) is 4.35. The second kappa shape index (κ2) is 8.23. The average molecular weight is 385 g/mol. The molecule has 1 N–H and O–H groups in total. The van der Waals surface area contributed by atoms with Crippen LogP contribution in [0.4, 0.5) is 18.9 Å². The molecule has 0 bridgehead atoms. The maximum Gasteiger partial charge on any atom is 0.254 e. The van der Waals surface area contributed by atoms with Gasteiger partial charge < -0.3 is 10.2 Å². The smallest absolute Gasteiger partial charge is 0.254 e. The summed E-state index contributed by atoms with van der Waals surface area (Å²) in [7, 11) is 0. The van der Waals surface area contributed by atoms with Crippen LogP contribution < -0.4 is 10.2 Å². The Morgan fingerprint density at radius 3 is 2.42 bits per heavy atom. The highest BCUT2D eigenvalue weighted by molar-refractivity contribution is 6.30. The fourth-order valence-electron chi connectivity index (χ4n) is 2.45. The van der Waals surface area contributed by atoms with Crippen LogP contribution in [0.2, 0.25) is 5.02 Å². The minimum atomic E-state index is -1.71. The standard InChI is InChI=1S/C18H16ClF3N2O2/c1-10-9-12(19)3-6-15(10)24(11(2)25)8-7-23-18(26)13-4-5-14(20)17(22)16(13)21/h3-6,9H,7-8H2,1-2H3,(H,23,26). The molecule has 2 aromatic carbocycles. The van der Waals surface area contributed by atoms with Crippen LogP contribution in [0.5, 0.6) is 0 Å². The number of benzene rings is 2. The Bertz CT molecular complexity index is 859. The number of anilines is 1. The van der Waals surface area contributed by atoms with E-state index in [-0.39, 0.29) is 19.0 Å². The molecule has 8 heteroatoms. The van der Waals surface area contributed by atoms with E-state index >= 15 is 0 Å². The maximum absolute atomic E-state index is 13.6. The molecular weight excluding hydrogens is 369 g/mol. The van der Waals surface area contributed by atoms with Gasteiger partial charge in [0.25, 0.3) is 5.91 Å². The highest BCUT2D eigenvalue weighted by Crippen LogP contribution is 2.23.